The van der Waals surface area contributed by atoms with Crippen molar-refractivity contribution in [3.63, 3.8) is 0 Å². The highest BCUT2D eigenvalue weighted by Gasteiger charge is 2.58. The largest absolute Gasteiger partial charge is 0.497 e. The number of carbonyl (C=O) groups is 2. The Morgan fingerprint density at radius 2 is 2.05 bits per heavy atom. The van der Waals surface area contributed by atoms with E-state index >= 15 is 0 Å². The van der Waals surface area contributed by atoms with Gasteiger partial charge in [0.25, 0.3) is 0 Å². The lowest BCUT2D eigenvalue weighted by molar-refractivity contribution is -0.142. The van der Waals surface area contributed by atoms with E-state index < -0.39 is 0 Å². The van der Waals surface area contributed by atoms with Crippen LogP contribution in [0.3, 0.4) is 0 Å². The SMILES string of the molecule is COc1ccc(C#CCN)c(CN2C(=O)C3CC3C2=O)c1. The first kappa shape index (κ1) is 13.7. The molecule has 3 rings (SSSR count). The number of imide groups is 1. The Kier molecular flexibility index (Phi) is 3.40. The molecule has 2 fully saturated rings. The number of methoxy groups -OCH3 is 1. The zero-order chi connectivity index (χ0) is 15.0. The molecule has 2 aliphatic rings. The quantitative estimate of drug-likeness (QED) is 0.648. The van der Waals surface area contributed by atoms with E-state index in [0.717, 1.165) is 11.1 Å². The van der Waals surface area contributed by atoms with Crippen molar-refractivity contribution >= 4 is 11.8 Å². The van der Waals surface area contributed by atoms with Crippen LogP contribution in [-0.4, -0.2) is 30.4 Å². The molecular weight excluding hydrogens is 268 g/mol. The number of nitrogens with zero attached hydrogens (tertiary/aromatic N) is 1. The summed E-state index contributed by atoms with van der Waals surface area (Å²) in [6, 6.07) is 5.43. The van der Waals surface area contributed by atoms with Gasteiger partial charge in [-0.3, -0.25) is 14.5 Å². The summed E-state index contributed by atoms with van der Waals surface area (Å²) in [6.07, 6.45) is 0.714. The van der Waals surface area contributed by atoms with Gasteiger partial charge in [-0.1, -0.05) is 11.8 Å². The number of fused-ring (bicyclic) bond motifs is 1. The van der Waals surface area contributed by atoms with Crippen LogP contribution in [0.4, 0.5) is 0 Å². The standard InChI is InChI=1S/C16H16N2O3/c1-21-12-5-4-10(3-2-6-17)11(7-12)9-18-15(19)13-8-14(13)16(18)20/h4-5,7,13-14H,6,8-9,17H2,1H3. The Labute approximate surface area is 123 Å². The van der Waals surface area contributed by atoms with E-state index in [4.69, 9.17) is 10.5 Å². The van der Waals surface area contributed by atoms with Crippen molar-refractivity contribution in [1.82, 2.24) is 4.90 Å². The van der Waals surface area contributed by atoms with Crippen LogP contribution in [-0.2, 0) is 16.1 Å². The number of rotatable bonds is 3. The normalized spacial score (nSPS) is 22.7. The summed E-state index contributed by atoms with van der Waals surface area (Å²) in [4.78, 5) is 25.5. The summed E-state index contributed by atoms with van der Waals surface area (Å²) < 4.78 is 5.20. The number of hydrogen-bond acceptors (Lipinski definition) is 4. The number of piperidine rings is 1. The molecule has 1 heterocycles. The van der Waals surface area contributed by atoms with Gasteiger partial charge in [0.2, 0.25) is 11.8 Å². The van der Waals surface area contributed by atoms with E-state index in [2.05, 4.69) is 11.8 Å². The summed E-state index contributed by atoms with van der Waals surface area (Å²) in [7, 11) is 1.58. The summed E-state index contributed by atoms with van der Waals surface area (Å²) >= 11 is 0. The fourth-order valence-corrected chi connectivity index (χ4v) is 2.67. The van der Waals surface area contributed by atoms with Crippen molar-refractivity contribution in [3.05, 3.63) is 29.3 Å². The molecule has 21 heavy (non-hydrogen) atoms. The van der Waals surface area contributed by atoms with Crippen molar-refractivity contribution in [2.45, 2.75) is 13.0 Å². The topological polar surface area (TPSA) is 72.6 Å². The highest BCUT2D eigenvalue weighted by atomic mass is 16.5. The smallest absolute Gasteiger partial charge is 0.233 e. The molecule has 0 spiro atoms. The lowest BCUT2D eigenvalue weighted by Gasteiger charge is -2.18. The summed E-state index contributed by atoms with van der Waals surface area (Å²) in [5, 5.41) is 0. The van der Waals surface area contributed by atoms with Crippen LogP contribution >= 0.6 is 0 Å². The van der Waals surface area contributed by atoms with Gasteiger partial charge in [-0.15, -0.1) is 0 Å². The van der Waals surface area contributed by atoms with Crippen LogP contribution < -0.4 is 10.5 Å². The van der Waals surface area contributed by atoms with Crippen molar-refractivity contribution < 1.29 is 14.3 Å². The molecule has 1 saturated heterocycles. The predicted molar refractivity (Wildman–Crippen MR) is 76.1 cm³/mol. The molecule has 5 heteroatoms. The van der Waals surface area contributed by atoms with Crippen LogP contribution in [0.1, 0.15) is 17.5 Å². The monoisotopic (exact) mass is 284 g/mol. The molecule has 1 aromatic carbocycles. The van der Waals surface area contributed by atoms with E-state index in [0.29, 0.717) is 12.2 Å². The summed E-state index contributed by atoms with van der Waals surface area (Å²) in [5.41, 5.74) is 6.97. The van der Waals surface area contributed by atoms with E-state index in [1.807, 2.05) is 12.1 Å². The van der Waals surface area contributed by atoms with Gasteiger partial charge in [-0.05, 0) is 30.2 Å². The predicted octanol–water partition coefficient (Wildman–Crippen LogP) is 0.510. The van der Waals surface area contributed by atoms with E-state index in [9.17, 15) is 9.59 Å². The molecule has 2 N–H and O–H groups in total. The molecule has 1 aromatic rings. The van der Waals surface area contributed by atoms with Crippen LogP contribution in [0.5, 0.6) is 5.75 Å². The second kappa shape index (κ2) is 5.23. The molecule has 0 bridgehead atoms. The molecular formula is C16H16N2O3. The maximum absolute atomic E-state index is 12.1. The number of hydrogen-bond donors (Lipinski definition) is 1. The van der Waals surface area contributed by atoms with Gasteiger partial charge in [0.05, 0.1) is 32.0 Å². The van der Waals surface area contributed by atoms with Gasteiger partial charge in [-0.2, -0.15) is 0 Å². The number of carbonyl (C=O) groups excluding carboxylic acids is 2. The van der Waals surface area contributed by atoms with Crippen molar-refractivity contribution in [2.75, 3.05) is 13.7 Å². The third-order valence-electron chi connectivity index (χ3n) is 3.92. The highest BCUT2D eigenvalue weighted by molar-refractivity contribution is 6.08. The summed E-state index contributed by atoms with van der Waals surface area (Å²) in [6.45, 7) is 0.508. The third-order valence-corrected chi connectivity index (χ3v) is 3.92. The van der Waals surface area contributed by atoms with Gasteiger partial charge in [-0.25, -0.2) is 0 Å². The van der Waals surface area contributed by atoms with Crippen LogP contribution in [0.25, 0.3) is 0 Å². The van der Waals surface area contributed by atoms with Gasteiger partial charge in [0.15, 0.2) is 0 Å². The first-order chi connectivity index (χ1) is 10.2. The van der Waals surface area contributed by atoms with Crippen LogP contribution in [0.15, 0.2) is 18.2 Å². The Morgan fingerprint density at radius 3 is 2.67 bits per heavy atom. The molecule has 5 nitrogen and oxygen atoms in total. The number of nitrogens with two attached hydrogens (primary N) is 1. The van der Waals surface area contributed by atoms with Crippen molar-refractivity contribution in [1.29, 1.82) is 0 Å². The minimum atomic E-state index is -0.0818. The van der Waals surface area contributed by atoms with E-state index in [-0.39, 0.29) is 36.7 Å². The molecule has 1 saturated carbocycles. The van der Waals surface area contributed by atoms with Gasteiger partial charge < -0.3 is 10.5 Å². The van der Waals surface area contributed by atoms with E-state index in [1.54, 1.807) is 13.2 Å². The van der Waals surface area contributed by atoms with E-state index in [1.165, 1.54) is 4.90 Å². The zero-order valence-electron chi connectivity index (χ0n) is 11.8. The molecule has 2 amide bonds. The number of likely N-dealkylation sites (tertiary alicyclic amines) is 1. The van der Waals surface area contributed by atoms with Crippen molar-refractivity contribution in [2.24, 2.45) is 17.6 Å². The maximum atomic E-state index is 12.1. The molecule has 1 aliphatic heterocycles. The average Bonchev–Trinajstić information content (AvgIpc) is 3.26. The first-order valence-corrected chi connectivity index (χ1v) is 6.86. The minimum Gasteiger partial charge on any atom is -0.497 e. The zero-order valence-corrected chi connectivity index (χ0v) is 11.8. The first-order valence-electron chi connectivity index (χ1n) is 6.86. The van der Waals surface area contributed by atoms with Gasteiger partial charge in [0.1, 0.15) is 5.75 Å². The number of benzene rings is 1. The number of ether oxygens (including phenoxy) is 1. The van der Waals surface area contributed by atoms with Crippen molar-refractivity contribution in [3.8, 4) is 17.6 Å². The fraction of sp³-hybridized carbons (Fsp3) is 0.375. The average molecular weight is 284 g/mol. The van der Waals surface area contributed by atoms with Gasteiger partial charge in [0, 0.05) is 5.56 Å². The molecule has 108 valence electrons. The fourth-order valence-electron chi connectivity index (χ4n) is 2.67. The highest BCUT2D eigenvalue weighted by Crippen LogP contribution is 2.47. The molecule has 0 radical (unpaired) electrons. The Hall–Kier alpha value is -2.32. The van der Waals surface area contributed by atoms with Crippen LogP contribution in [0, 0.1) is 23.7 Å². The second-order valence-corrected chi connectivity index (χ2v) is 5.24. The van der Waals surface area contributed by atoms with Gasteiger partial charge >= 0.3 is 0 Å². The molecule has 2 unspecified atom stereocenters. The molecule has 2 atom stereocenters. The Balaban J connectivity index is 1.89. The Bertz CT molecular complexity index is 652. The maximum Gasteiger partial charge on any atom is 0.233 e. The number of amides is 2. The minimum absolute atomic E-state index is 0.0643. The summed E-state index contributed by atoms with van der Waals surface area (Å²) in [5.74, 6) is 6.15. The lowest BCUT2D eigenvalue weighted by Crippen LogP contribution is -2.32. The lowest BCUT2D eigenvalue weighted by atomic mass is 10.1. The third kappa shape index (κ3) is 2.39. The molecule has 1 aliphatic carbocycles. The van der Waals surface area contributed by atoms with Crippen LogP contribution in [0.2, 0.25) is 0 Å². The Morgan fingerprint density at radius 1 is 1.33 bits per heavy atom. The molecule has 0 aromatic heterocycles. The second-order valence-electron chi connectivity index (χ2n) is 5.24.